The van der Waals surface area contributed by atoms with E-state index in [-0.39, 0.29) is 17.5 Å². The minimum absolute atomic E-state index is 0.122. The molecule has 0 fully saturated rings. The number of nitrogens with one attached hydrogen (secondary N) is 3. The van der Waals surface area contributed by atoms with Gasteiger partial charge in [0.25, 0.3) is 11.5 Å². The number of nitrogens with zero attached hydrogens (tertiary/aromatic N) is 2. The number of carbonyl (C=O) groups excluding carboxylic acids is 1. The van der Waals surface area contributed by atoms with Gasteiger partial charge in [-0.05, 0) is 24.3 Å². The van der Waals surface area contributed by atoms with Gasteiger partial charge in [0.2, 0.25) is 5.88 Å². The van der Waals surface area contributed by atoms with Crippen LogP contribution in [-0.2, 0) is 11.3 Å². The first-order chi connectivity index (χ1) is 14.5. The summed E-state index contributed by atoms with van der Waals surface area (Å²) in [6.07, 6.45) is 0.920. The second-order valence-electron chi connectivity index (χ2n) is 6.41. The number of benzene rings is 2. The zero-order valence-corrected chi connectivity index (χ0v) is 15.4. The van der Waals surface area contributed by atoms with Gasteiger partial charge in [0.15, 0.2) is 5.43 Å². The molecule has 2 aromatic carbocycles. The number of hydrogen-bond donors (Lipinski definition) is 4. The quantitative estimate of drug-likeness (QED) is 0.220. The highest BCUT2D eigenvalue weighted by Crippen LogP contribution is 2.18. The Bertz CT molecular complexity index is 1440. The van der Waals surface area contributed by atoms with Gasteiger partial charge in [-0.1, -0.05) is 24.3 Å². The summed E-state index contributed by atoms with van der Waals surface area (Å²) in [5.41, 5.74) is 1.30. The van der Waals surface area contributed by atoms with E-state index in [1.165, 1.54) is 0 Å². The number of hydrazone groups is 1. The lowest BCUT2D eigenvalue weighted by atomic mass is 10.1. The van der Waals surface area contributed by atoms with Crippen molar-refractivity contribution in [3.8, 4) is 5.88 Å². The number of amides is 1. The van der Waals surface area contributed by atoms with Crippen molar-refractivity contribution in [2.24, 2.45) is 5.10 Å². The van der Waals surface area contributed by atoms with Crippen molar-refractivity contribution in [3.63, 3.8) is 0 Å². The first-order valence-corrected chi connectivity index (χ1v) is 8.83. The summed E-state index contributed by atoms with van der Waals surface area (Å²) in [6, 6.07) is 13.9. The van der Waals surface area contributed by atoms with Crippen molar-refractivity contribution in [2.75, 3.05) is 0 Å². The Morgan fingerprint density at radius 1 is 1.00 bits per heavy atom. The largest absolute Gasteiger partial charge is 0.494 e. The topological polar surface area (TPSA) is 149 Å². The molecule has 10 heteroatoms. The summed E-state index contributed by atoms with van der Waals surface area (Å²) in [7, 11) is 0. The van der Waals surface area contributed by atoms with Crippen LogP contribution in [-0.4, -0.2) is 31.8 Å². The molecule has 0 bridgehead atoms. The van der Waals surface area contributed by atoms with Crippen LogP contribution in [0, 0.1) is 0 Å². The van der Waals surface area contributed by atoms with Gasteiger partial charge in [-0.3, -0.25) is 24.4 Å². The van der Waals surface area contributed by atoms with Gasteiger partial charge >= 0.3 is 5.69 Å². The predicted molar refractivity (Wildman–Crippen MR) is 111 cm³/mol. The highest BCUT2D eigenvalue weighted by Gasteiger charge is 2.12. The van der Waals surface area contributed by atoms with Crippen molar-refractivity contribution in [1.29, 1.82) is 0 Å². The third-order valence-corrected chi connectivity index (χ3v) is 4.52. The van der Waals surface area contributed by atoms with E-state index in [0.29, 0.717) is 21.8 Å². The van der Waals surface area contributed by atoms with E-state index in [0.717, 1.165) is 6.21 Å². The first-order valence-electron chi connectivity index (χ1n) is 8.83. The summed E-state index contributed by atoms with van der Waals surface area (Å²) in [4.78, 5) is 51.9. The predicted octanol–water partition coefficient (Wildman–Crippen LogP) is 0.387. The molecule has 0 aliphatic heterocycles. The Labute approximate surface area is 167 Å². The van der Waals surface area contributed by atoms with Crippen LogP contribution >= 0.6 is 0 Å². The second-order valence-corrected chi connectivity index (χ2v) is 6.41. The zero-order chi connectivity index (χ0) is 21.3. The van der Waals surface area contributed by atoms with Gasteiger partial charge in [-0.15, -0.1) is 0 Å². The lowest BCUT2D eigenvalue weighted by molar-refractivity contribution is -0.121. The minimum atomic E-state index is -0.865. The number of fused-ring (bicyclic) bond motifs is 2. The third-order valence-electron chi connectivity index (χ3n) is 4.52. The Morgan fingerprint density at radius 2 is 1.60 bits per heavy atom. The molecule has 0 unspecified atom stereocenters. The number of hydrogen-bond acceptors (Lipinski definition) is 6. The normalized spacial score (nSPS) is 11.3. The average molecular weight is 405 g/mol. The highest BCUT2D eigenvalue weighted by atomic mass is 16.3. The maximum Gasteiger partial charge on any atom is 0.328 e. The van der Waals surface area contributed by atoms with Gasteiger partial charge in [0.05, 0.1) is 17.2 Å². The van der Waals surface area contributed by atoms with Crippen LogP contribution in [0.4, 0.5) is 0 Å². The number of para-hydroxylation sites is 2. The van der Waals surface area contributed by atoms with Crippen molar-refractivity contribution in [1.82, 2.24) is 20.0 Å². The molecule has 30 heavy (non-hydrogen) atoms. The number of aromatic amines is 2. The molecule has 2 heterocycles. The van der Waals surface area contributed by atoms with Crippen molar-refractivity contribution in [2.45, 2.75) is 6.54 Å². The smallest absolute Gasteiger partial charge is 0.328 e. The van der Waals surface area contributed by atoms with E-state index in [2.05, 4.69) is 10.5 Å². The molecule has 0 atom stereocenters. The third kappa shape index (κ3) is 3.37. The number of aromatic nitrogens is 3. The van der Waals surface area contributed by atoms with Gasteiger partial charge in [0.1, 0.15) is 12.1 Å². The summed E-state index contributed by atoms with van der Waals surface area (Å²) >= 11 is 0. The average Bonchev–Trinajstić information content (AvgIpc) is 2.73. The maximum absolute atomic E-state index is 12.7. The first kappa shape index (κ1) is 18.9. The molecule has 4 N–H and O–H groups in total. The van der Waals surface area contributed by atoms with E-state index < -0.39 is 23.0 Å². The fraction of sp³-hybridized carbons (Fsp3) is 0.0500. The fourth-order valence-corrected chi connectivity index (χ4v) is 3.20. The fourth-order valence-electron chi connectivity index (χ4n) is 3.20. The minimum Gasteiger partial charge on any atom is -0.494 e. The molecule has 0 spiro atoms. The van der Waals surface area contributed by atoms with Gasteiger partial charge in [-0.25, -0.2) is 10.2 Å². The van der Waals surface area contributed by atoms with E-state index in [1.807, 2.05) is 9.97 Å². The lowest BCUT2D eigenvalue weighted by Crippen LogP contribution is -2.27. The Hall–Kier alpha value is -4.47. The molecule has 0 saturated carbocycles. The van der Waals surface area contributed by atoms with Crippen molar-refractivity contribution < 1.29 is 9.90 Å². The molecule has 10 nitrogen and oxygen atoms in total. The van der Waals surface area contributed by atoms with Crippen LogP contribution < -0.4 is 22.1 Å². The molecule has 150 valence electrons. The number of aromatic hydroxyl groups is 1. The van der Waals surface area contributed by atoms with Crippen LogP contribution in [0.15, 0.2) is 68.0 Å². The van der Waals surface area contributed by atoms with Crippen molar-refractivity contribution in [3.05, 3.63) is 85.2 Å². The summed E-state index contributed by atoms with van der Waals surface area (Å²) < 4.78 is 1.70. The number of pyridine rings is 1. The van der Waals surface area contributed by atoms with E-state index in [9.17, 15) is 24.3 Å². The molecular weight excluding hydrogens is 390 g/mol. The summed E-state index contributed by atoms with van der Waals surface area (Å²) in [5, 5.41) is 14.3. The summed E-state index contributed by atoms with van der Waals surface area (Å²) in [6.45, 7) is -0.146. The molecule has 0 aliphatic carbocycles. The van der Waals surface area contributed by atoms with E-state index >= 15 is 0 Å². The van der Waals surface area contributed by atoms with Gasteiger partial charge < -0.3 is 9.67 Å². The van der Waals surface area contributed by atoms with Gasteiger partial charge in [-0.2, -0.15) is 5.10 Å². The number of rotatable bonds is 4. The molecule has 4 rings (SSSR count). The molecule has 0 saturated heterocycles. The molecule has 0 radical (unpaired) electrons. The zero-order valence-electron chi connectivity index (χ0n) is 15.4. The number of carbonyl (C=O) groups is 1. The van der Waals surface area contributed by atoms with Crippen LogP contribution in [0.3, 0.4) is 0 Å². The second kappa shape index (κ2) is 7.51. The maximum atomic E-state index is 12.7. The Balaban J connectivity index is 1.67. The molecule has 0 aliphatic rings. The number of H-pyrrole nitrogens is 2. The molecule has 2 aromatic heterocycles. The lowest BCUT2D eigenvalue weighted by Gasteiger charge is -2.14. The monoisotopic (exact) mass is 405 g/mol. The Kier molecular flexibility index (Phi) is 4.72. The van der Waals surface area contributed by atoms with Crippen LogP contribution in [0.5, 0.6) is 5.88 Å². The van der Waals surface area contributed by atoms with Gasteiger partial charge in [0, 0.05) is 10.8 Å². The Morgan fingerprint density at radius 3 is 2.20 bits per heavy atom. The summed E-state index contributed by atoms with van der Waals surface area (Å²) in [5.74, 6) is -1.19. The van der Waals surface area contributed by atoms with Crippen LogP contribution in [0.2, 0.25) is 0 Å². The van der Waals surface area contributed by atoms with E-state index in [1.54, 1.807) is 53.1 Å². The van der Waals surface area contributed by atoms with Crippen LogP contribution in [0.1, 0.15) is 5.56 Å². The van der Waals surface area contributed by atoms with Crippen LogP contribution in [0.25, 0.3) is 21.8 Å². The molecular formula is C20H15N5O5. The van der Waals surface area contributed by atoms with Crippen molar-refractivity contribution >= 4 is 33.9 Å². The molecule has 1 amide bonds. The standard InChI is InChI=1S/C20H15N5O5/c26-16(24-21-9-13-18(28)22-20(30)23-19(13)29)10-25-14-7-3-1-5-11(14)17(27)12-6-2-4-8-15(12)25/h1-9H,10H2,(H,24,26)(H3,22,23,28,29,30). The SMILES string of the molecule is O=C(Cn1c2ccccc2c(=O)c2ccccc21)NN=Cc1c(O)[nH]c(=O)[nH]c1=O. The molecule has 4 aromatic rings. The highest BCUT2D eigenvalue weighted by molar-refractivity contribution is 5.95. The van der Waals surface area contributed by atoms with E-state index in [4.69, 9.17) is 0 Å².